The summed E-state index contributed by atoms with van der Waals surface area (Å²) in [6, 6.07) is 5.51. The lowest BCUT2D eigenvalue weighted by molar-refractivity contribution is -0.140. The van der Waals surface area contributed by atoms with Gasteiger partial charge >= 0.3 is 0 Å². The number of nitrogens with zero attached hydrogens (tertiary/aromatic N) is 2. The molecule has 1 fully saturated rings. The second-order valence-corrected chi connectivity index (χ2v) is 10.1. The summed E-state index contributed by atoms with van der Waals surface area (Å²) in [5.74, 6) is 1.31. The Morgan fingerprint density at radius 2 is 1.66 bits per heavy atom. The summed E-state index contributed by atoms with van der Waals surface area (Å²) in [6.45, 7) is 0. The molecule has 2 heterocycles. The van der Waals surface area contributed by atoms with Crippen molar-refractivity contribution in [2.75, 3.05) is 25.7 Å². The lowest BCUT2D eigenvalue weighted by Gasteiger charge is -2.41. The first-order valence-corrected chi connectivity index (χ1v) is 11.7. The van der Waals surface area contributed by atoms with Crippen molar-refractivity contribution in [2.24, 2.45) is 16.9 Å². The average Bonchev–Trinajstić information content (AvgIpc) is 2.74. The standard InChI is InChI=1S/C21H26N2O5S/c1-27-18-8-7-14(13-19(18)28-2)20-16-5-3-4-6-17(16)21(24)23(22-20)15-9-11-29(25,26)12-10-15/h3-4,7-8,13,15-17H,5-6,9-12H2,1-2H3/t16-,17+/m0/s1. The van der Waals surface area contributed by atoms with Crippen molar-refractivity contribution >= 4 is 21.5 Å². The third kappa shape index (κ3) is 3.77. The summed E-state index contributed by atoms with van der Waals surface area (Å²) >= 11 is 0. The highest BCUT2D eigenvalue weighted by Gasteiger charge is 2.43. The monoisotopic (exact) mass is 418 g/mol. The fraction of sp³-hybridized carbons (Fsp3) is 0.524. The first-order chi connectivity index (χ1) is 13.9. The molecule has 1 amide bonds. The third-order valence-corrected chi connectivity index (χ3v) is 7.81. The number of fused-ring (bicyclic) bond motifs is 1. The predicted octanol–water partition coefficient (Wildman–Crippen LogP) is 2.41. The van der Waals surface area contributed by atoms with E-state index < -0.39 is 9.84 Å². The Kier molecular flexibility index (Phi) is 5.38. The minimum atomic E-state index is -3.01. The lowest BCUT2D eigenvalue weighted by Crippen LogP contribution is -2.51. The van der Waals surface area contributed by atoms with Crippen LogP contribution in [-0.2, 0) is 14.6 Å². The molecule has 0 spiro atoms. The molecule has 1 aliphatic carbocycles. The number of allylic oxidation sites excluding steroid dienone is 2. The van der Waals surface area contributed by atoms with Gasteiger partial charge in [-0.3, -0.25) is 4.79 Å². The molecule has 0 saturated carbocycles. The van der Waals surface area contributed by atoms with Gasteiger partial charge in [0.2, 0.25) is 5.91 Å². The number of rotatable bonds is 4. The molecule has 0 N–H and O–H groups in total. The first kappa shape index (κ1) is 19.9. The summed E-state index contributed by atoms with van der Waals surface area (Å²) in [6.07, 6.45) is 6.47. The summed E-state index contributed by atoms with van der Waals surface area (Å²) in [5, 5.41) is 6.37. The quantitative estimate of drug-likeness (QED) is 0.701. The van der Waals surface area contributed by atoms with Crippen LogP contribution in [0.1, 0.15) is 31.2 Å². The van der Waals surface area contributed by atoms with E-state index in [4.69, 9.17) is 14.6 Å². The highest BCUT2D eigenvalue weighted by atomic mass is 32.2. The second-order valence-electron chi connectivity index (χ2n) is 7.78. The molecule has 29 heavy (non-hydrogen) atoms. The van der Waals surface area contributed by atoms with E-state index in [1.807, 2.05) is 18.2 Å². The van der Waals surface area contributed by atoms with Gasteiger partial charge in [-0.2, -0.15) is 5.10 Å². The minimum absolute atomic E-state index is 0.00729. The number of carbonyl (C=O) groups is 1. The molecule has 3 aliphatic rings. The van der Waals surface area contributed by atoms with Gasteiger partial charge in [0.25, 0.3) is 0 Å². The summed E-state index contributed by atoms with van der Waals surface area (Å²) < 4.78 is 34.5. The molecule has 2 atom stereocenters. The second kappa shape index (κ2) is 7.82. The summed E-state index contributed by atoms with van der Waals surface area (Å²) in [5.41, 5.74) is 1.75. The topological polar surface area (TPSA) is 85.3 Å². The lowest BCUT2D eigenvalue weighted by atomic mass is 9.76. The largest absolute Gasteiger partial charge is 0.493 e. The molecule has 0 bridgehead atoms. The molecule has 7 nitrogen and oxygen atoms in total. The van der Waals surface area contributed by atoms with Gasteiger partial charge < -0.3 is 9.47 Å². The zero-order valence-corrected chi connectivity index (χ0v) is 17.5. The third-order valence-electron chi connectivity index (χ3n) is 6.09. The van der Waals surface area contributed by atoms with Crippen LogP contribution < -0.4 is 9.47 Å². The Balaban J connectivity index is 1.73. The number of hydrogen-bond acceptors (Lipinski definition) is 6. The molecule has 2 aliphatic heterocycles. The molecule has 1 aromatic rings. The zero-order valence-electron chi connectivity index (χ0n) is 16.7. The Hall–Kier alpha value is -2.35. The Bertz CT molecular complexity index is 955. The maximum Gasteiger partial charge on any atom is 0.247 e. The van der Waals surface area contributed by atoms with Crippen LogP contribution in [0.2, 0.25) is 0 Å². The van der Waals surface area contributed by atoms with Crippen LogP contribution in [0, 0.1) is 11.8 Å². The van der Waals surface area contributed by atoms with E-state index in [2.05, 4.69) is 12.2 Å². The normalized spacial score (nSPS) is 26.6. The molecule has 0 aromatic heterocycles. The molecule has 0 unspecified atom stereocenters. The highest BCUT2D eigenvalue weighted by Crippen LogP contribution is 2.38. The van der Waals surface area contributed by atoms with Crippen molar-refractivity contribution in [3.05, 3.63) is 35.9 Å². The number of hydrogen-bond donors (Lipinski definition) is 0. The molecular formula is C21H26N2O5S. The van der Waals surface area contributed by atoms with Crippen LogP contribution in [-0.4, -0.2) is 56.8 Å². The maximum absolute atomic E-state index is 13.2. The van der Waals surface area contributed by atoms with E-state index in [-0.39, 0.29) is 35.3 Å². The zero-order chi connectivity index (χ0) is 20.6. The summed E-state index contributed by atoms with van der Waals surface area (Å²) in [7, 11) is 0.179. The fourth-order valence-corrected chi connectivity index (χ4v) is 5.92. The van der Waals surface area contributed by atoms with Gasteiger partial charge in [0.05, 0.1) is 43.4 Å². The number of amides is 1. The van der Waals surface area contributed by atoms with E-state index in [1.54, 1.807) is 19.2 Å². The number of methoxy groups -OCH3 is 2. The Morgan fingerprint density at radius 1 is 1.00 bits per heavy atom. The van der Waals surface area contributed by atoms with Gasteiger partial charge in [0, 0.05) is 11.5 Å². The van der Waals surface area contributed by atoms with Crippen LogP contribution >= 0.6 is 0 Å². The van der Waals surface area contributed by atoms with Crippen LogP contribution in [0.4, 0.5) is 0 Å². The van der Waals surface area contributed by atoms with Crippen molar-refractivity contribution in [3.63, 3.8) is 0 Å². The molecule has 8 heteroatoms. The van der Waals surface area contributed by atoms with E-state index >= 15 is 0 Å². The number of carbonyl (C=O) groups excluding carboxylic acids is 1. The molecular weight excluding hydrogens is 392 g/mol. The van der Waals surface area contributed by atoms with E-state index in [1.165, 1.54) is 0 Å². The van der Waals surface area contributed by atoms with Crippen molar-refractivity contribution in [1.82, 2.24) is 5.01 Å². The SMILES string of the molecule is COc1ccc(C2=NN(C3CCS(=O)(=O)CC3)C(=O)[C@@H]3CC=CC[C@H]23)cc1OC. The predicted molar refractivity (Wildman–Crippen MR) is 110 cm³/mol. The Morgan fingerprint density at radius 3 is 2.31 bits per heavy atom. The van der Waals surface area contributed by atoms with Gasteiger partial charge in [0.15, 0.2) is 11.5 Å². The van der Waals surface area contributed by atoms with Crippen molar-refractivity contribution < 1.29 is 22.7 Å². The first-order valence-electron chi connectivity index (χ1n) is 9.93. The maximum atomic E-state index is 13.2. The van der Waals surface area contributed by atoms with Gasteiger partial charge in [-0.15, -0.1) is 0 Å². The van der Waals surface area contributed by atoms with Crippen LogP contribution in [0.5, 0.6) is 11.5 Å². The number of benzene rings is 1. The van der Waals surface area contributed by atoms with Crippen LogP contribution in [0.3, 0.4) is 0 Å². The highest BCUT2D eigenvalue weighted by molar-refractivity contribution is 7.91. The molecule has 156 valence electrons. The molecule has 1 aromatic carbocycles. The van der Waals surface area contributed by atoms with Gasteiger partial charge in [-0.1, -0.05) is 12.2 Å². The molecule has 1 saturated heterocycles. The van der Waals surface area contributed by atoms with Crippen LogP contribution in [0.15, 0.2) is 35.5 Å². The number of hydrazone groups is 1. The smallest absolute Gasteiger partial charge is 0.247 e. The van der Waals surface area contributed by atoms with E-state index in [0.29, 0.717) is 30.8 Å². The van der Waals surface area contributed by atoms with E-state index in [9.17, 15) is 13.2 Å². The fourth-order valence-electron chi connectivity index (χ4n) is 4.45. The Labute approximate surface area is 171 Å². The number of sulfone groups is 1. The van der Waals surface area contributed by atoms with Gasteiger partial charge in [0.1, 0.15) is 9.84 Å². The minimum Gasteiger partial charge on any atom is -0.493 e. The van der Waals surface area contributed by atoms with Gasteiger partial charge in [-0.05, 0) is 43.9 Å². The van der Waals surface area contributed by atoms with Crippen molar-refractivity contribution in [2.45, 2.75) is 31.7 Å². The van der Waals surface area contributed by atoms with Crippen LogP contribution in [0.25, 0.3) is 0 Å². The average molecular weight is 419 g/mol. The molecule has 4 rings (SSSR count). The summed E-state index contributed by atoms with van der Waals surface area (Å²) in [4.78, 5) is 13.2. The van der Waals surface area contributed by atoms with E-state index in [0.717, 1.165) is 17.7 Å². The van der Waals surface area contributed by atoms with Crippen molar-refractivity contribution in [1.29, 1.82) is 0 Å². The van der Waals surface area contributed by atoms with Crippen molar-refractivity contribution in [3.8, 4) is 11.5 Å². The van der Waals surface area contributed by atoms with Gasteiger partial charge in [-0.25, -0.2) is 13.4 Å². The number of ether oxygens (including phenoxy) is 2. The molecule has 0 radical (unpaired) electrons.